The van der Waals surface area contributed by atoms with Gasteiger partial charge in [-0.15, -0.1) is 0 Å². The van der Waals surface area contributed by atoms with Crippen LogP contribution in [0.1, 0.15) is 25.6 Å². The van der Waals surface area contributed by atoms with Gasteiger partial charge in [0.05, 0.1) is 17.6 Å². The van der Waals surface area contributed by atoms with E-state index < -0.39 is 0 Å². The summed E-state index contributed by atoms with van der Waals surface area (Å²) in [7, 11) is 0. The van der Waals surface area contributed by atoms with E-state index in [1.807, 2.05) is 12.1 Å². The van der Waals surface area contributed by atoms with Gasteiger partial charge in [0.25, 0.3) is 0 Å². The summed E-state index contributed by atoms with van der Waals surface area (Å²) in [6.07, 6.45) is 1.73. The summed E-state index contributed by atoms with van der Waals surface area (Å²) in [5, 5.41) is 3.55. The van der Waals surface area contributed by atoms with E-state index in [0.717, 1.165) is 12.3 Å². The second kappa shape index (κ2) is 4.41. The molecule has 0 radical (unpaired) electrons. The molecule has 0 fully saturated rings. The lowest BCUT2D eigenvalue weighted by molar-refractivity contribution is 0.466. The maximum atomic E-state index is 5.53. The van der Waals surface area contributed by atoms with Gasteiger partial charge in [0.1, 0.15) is 11.8 Å². The molecule has 1 aliphatic rings. The summed E-state index contributed by atoms with van der Waals surface area (Å²) in [6, 6.07) is 13.1. The Morgan fingerprint density at radius 1 is 1.22 bits per heavy atom. The first-order valence-corrected chi connectivity index (χ1v) is 6.41. The molecule has 1 atom stereocenters. The molecule has 1 aromatic heterocycles. The highest BCUT2D eigenvalue weighted by Gasteiger charge is 2.27. The highest BCUT2D eigenvalue weighted by Crippen LogP contribution is 2.36. The Morgan fingerprint density at radius 3 is 2.78 bits per heavy atom. The first kappa shape index (κ1) is 11.2. The Balaban J connectivity index is 1.97. The summed E-state index contributed by atoms with van der Waals surface area (Å²) < 4.78 is 5.53. The van der Waals surface area contributed by atoms with E-state index in [9.17, 15) is 0 Å². The monoisotopic (exact) mass is 242 g/mol. The average Bonchev–Trinajstić information content (AvgIpc) is 2.91. The fourth-order valence-corrected chi connectivity index (χ4v) is 2.51. The van der Waals surface area contributed by atoms with Crippen LogP contribution in [0.25, 0.3) is 0 Å². The largest absolute Gasteiger partial charge is 0.467 e. The van der Waals surface area contributed by atoms with Crippen LogP contribution in [0, 0.1) is 0 Å². The molecule has 0 saturated carbocycles. The minimum atomic E-state index is 0.220. The van der Waals surface area contributed by atoms with Crippen LogP contribution < -0.4 is 10.2 Å². The van der Waals surface area contributed by atoms with Gasteiger partial charge >= 0.3 is 0 Å². The summed E-state index contributed by atoms with van der Waals surface area (Å²) in [4.78, 5) is 2.42. The number of nitrogens with zero attached hydrogens (tertiary/aromatic N) is 1. The molecule has 0 aliphatic carbocycles. The van der Waals surface area contributed by atoms with Crippen molar-refractivity contribution in [2.45, 2.75) is 25.9 Å². The topological polar surface area (TPSA) is 28.4 Å². The number of hydrogen-bond donors (Lipinski definition) is 1. The zero-order valence-electron chi connectivity index (χ0n) is 10.8. The third-order valence-electron chi connectivity index (χ3n) is 3.43. The minimum Gasteiger partial charge on any atom is -0.467 e. The van der Waals surface area contributed by atoms with Crippen molar-refractivity contribution in [2.24, 2.45) is 0 Å². The van der Waals surface area contributed by atoms with Gasteiger partial charge in [-0.05, 0) is 38.1 Å². The first-order valence-electron chi connectivity index (χ1n) is 6.41. The molecule has 3 nitrogen and oxygen atoms in total. The number of furan rings is 1. The molecule has 0 unspecified atom stereocenters. The number of hydrogen-bond acceptors (Lipinski definition) is 3. The predicted octanol–water partition coefficient (Wildman–Crippen LogP) is 3.66. The fourth-order valence-electron chi connectivity index (χ4n) is 2.51. The first-order chi connectivity index (χ1) is 8.75. The SMILES string of the molecule is CC(C)N1C[C@@H](c2ccco2)Nc2ccccc21. The lowest BCUT2D eigenvalue weighted by Crippen LogP contribution is -2.40. The van der Waals surface area contributed by atoms with Crippen molar-refractivity contribution in [1.29, 1.82) is 0 Å². The highest BCUT2D eigenvalue weighted by atomic mass is 16.3. The van der Waals surface area contributed by atoms with Gasteiger partial charge in [-0.1, -0.05) is 12.1 Å². The molecular weight excluding hydrogens is 224 g/mol. The van der Waals surface area contributed by atoms with E-state index in [0.29, 0.717) is 6.04 Å². The fraction of sp³-hybridized carbons (Fsp3) is 0.333. The van der Waals surface area contributed by atoms with Gasteiger partial charge in [0.15, 0.2) is 0 Å². The molecule has 0 spiro atoms. The summed E-state index contributed by atoms with van der Waals surface area (Å²) >= 11 is 0. The number of para-hydroxylation sites is 2. The molecule has 1 N–H and O–H groups in total. The number of rotatable bonds is 2. The Labute approximate surface area is 107 Å². The second-order valence-corrected chi connectivity index (χ2v) is 4.98. The zero-order chi connectivity index (χ0) is 12.5. The van der Waals surface area contributed by atoms with Crippen LogP contribution in [0.5, 0.6) is 0 Å². The van der Waals surface area contributed by atoms with Crippen molar-refractivity contribution in [3.05, 3.63) is 48.4 Å². The quantitative estimate of drug-likeness (QED) is 0.871. The molecule has 3 rings (SSSR count). The lowest BCUT2D eigenvalue weighted by Gasteiger charge is -2.39. The molecule has 0 bridgehead atoms. The lowest BCUT2D eigenvalue weighted by atomic mass is 10.1. The van der Waals surface area contributed by atoms with Crippen LogP contribution in [0.2, 0.25) is 0 Å². The number of nitrogens with one attached hydrogen (secondary N) is 1. The molecular formula is C15H18N2O. The van der Waals surface area contributed by atoms with Gasteiger partial charge in [0.2, 0.25) is 0 Å². The van der Waals surface area contributed by atoms with E-state index in [1.165, 1.54) is 11.4 Å². The molecule has 1 aliphatic heterocycles. The van der Waals surface area contributed by atoms with Gasteiger partial charge in [-0.3, -0.25) is 0 Å². The van der Waals surface area contributed by atoms with E-state index in [-0.39, 0.29) is 6.04 Å². The van der Waals surface area contributed by atoms with Gasteiger partial charge in [-0.25, -0.2) is 0 Å². The van der Waals surface area contributed by atoms with E-state index in [4.69, 9.17) is 4.42 Å². The van der Waals surface area contributed by atoms with Crippen LogP contribution in [0.15, 0.2) is 47.1 Å². The Morgan fingerprint density at radius 2 is 2.06 bits per heavy atom. The molecule has 94 valence electrons. The van der Waals surface area contributed by atoms with Crippen molar-refractivity contribution in [3.8, 4) is 0 Å². The normalized spacial score (nSPS) is 18.6. The maximum absolute atomic E-state index is 5.53. The number of benzene rings is 1. The van der Waals surface area contributed by atoms with E-state index in [1.54, 1.807) is 6.26 Å². The Hall–Kier alpha value is -1.90. The third-order valence-corrected chi connectivity index (χ3v) is 3.43. The summed E-state index contributed by atoms with van der Waals surface area (Å²) in [5.74, 6) is 0.996. The summed E-state index contributed by atoms with van der Waals surface area (Å²) in [5.41, 5.74) is 2.45. The predicted molar refractivity (Wildman–Crippen MR) is 74.0 cm³/mol. The smallest absolute Gasteiger partial charge is 0.127 e. The third kappa shape index (κ3) is 1.86. The highest BCUT2D eigenvalue weighted by molar-refractivity contribution is 5.73. The minimum absolute atomic E-state index is 0.220. The van der Waals surface area contributed by atoms with Crippen LogP contribution in [-0.4, -0.2) is 12.6 Å². The molecule has 18 heavy (non-hydrogen) atoms. The van der Waals surface area contributed by atoms with E-state index >= 15 is 0 Å². The van der Waals surface area contributed by atoms with Crippen molar-refractivity contribution >= 4 is 11.4 Å². The molecule has 2 aromatic rings. The molecule has 0 saturated heterocycles. The molecule has 0 amide bonds. The maximum Gasteiger partial charge on any atom is 0.127 e. The van der Waals surface area contributed by atoms with Crippen LogP contribution in [0.4, 0.5) is 11.4 Å². The molecule has 2 heterocycles. The van der Waals surface area contributed by atoms with Crippen LogP contribution in [-0.2, 0) is 0 Å². The Kier molecular flexibility index (Phi) is 2.74. The van der Waals surface area contributed by atoms with Gasteiger partial charge < -0.3 is 14.6 Å². The van der Waals surface area contributed by atoms with Crippen molar-refractivity contribution in [2.75, 3.05) is 16.8 Å². The number of fused-ring (bicyclic) bond motifs is 1. The standard InChI is InChI=1S/C15H18N2O/c1-11(2)17-10-13(15-8-5-9-18-15)16-12-6-3-4-7-14(12)17/h3-9,11,13,16H,10H2,1-2H3/t13-/m0/s1. The molecule has 3 heteroatoms. The second-order valence-electron chi connectivity index (χ2n) is 4.98. The van der Waals surface area contributed by atoms with Crippen molar-refractivity contribution in [3.63, 3.8) is 0 Å². The zero-order valence-corrected chi connectivity index (χ0v) is 10.8. The Bertz CT molecular complexity index is 519. The van der Waals surface area contributed by atoms with E-state index in [2.05, 4.69) is 48.3 Å². The number of anilines is 2. The van der Waals surface area contributed by atoms with Crippen LogP contribution in [0.3, 0.4) is 0 Å². The van der Waals surface area contributed by atoms with Crippen LogP contribution >= 0.6 is 0 Å². The van der Waals surface area contributed by atoms with Crippen molar-refractivity contribution in [1.82, 2.24) is 0 Å². The van der Waals surface area contributed by atoms with Gasteiger partial charge in [0, 0.05) is 12.6 Å². The average molecular weight is 242 g/mol. The summed E-state index contributed by atoms with van der Waals surface area (Å²) in [6.45, 7) is 5.38. The van der Waals surface area contributed by atoms with Crippen molar-refractivity contribution < 1.29 is 4.42 Å². The molecule has 1 aromatic carbocycles. The van der Waals surface area contributed by atoms with Gasteiger partial charge in [-0.2, -0.15) is 0 Å².